The molecule has 0 spiro atoms. The molecule has 1 amide bonds. The molecule has 3 N–H and O–H groups in total. The molecule has 0 bridgehead atoms. The van der Waals surface area contributed by atoms with E-state index in [1.807, 2.05) is 48.2 Å². The molecular formula is C15H16N4O. The highest BCUT2D eigenvalue weighted by Crippen LogP contribution is 2.34. The number of rotatable bonds is 2. The Hall–Kier alpha value is -2.40. The Bertz CT molecular complexity index is 637. The van der Waals surface area contributed by atoms with Gasteiger partial charge in [-0.15, -0.1) is 0 Å². The maximum absolute atomic E-state index is 11.8. The summed E-state index contributed by atoms with van der Waals surface area (Å²) in [6.45, 7) is 2.18. The summed E-state index contributed by atoms with van der Waals surface area (Å²) in [6, 6.07) is 11.5. The molecule has 2 aromatic rings. The summed E-state index contributed by atoms with van der Waals surface area (Å²) in [5, 5.41) is 2.87. The van der Waals surface area contributed by atoms with Gasteiger partial charge >= 0.3 is 0 Å². The van der Waals surface area contributed by atoms with E-state index in [1.165, 1.54) is 0 Å². The van der Waals surface area contributed by atoms with Crippen molar-refractivity contribution >= 4 is 23.0 Å². The minimum atomic E-state index is -0.0963. The fourth-order valence-electron chi connectivity index (χ4n) is 2.29. The third-order valence-electron chi connectivity index (χ3n) is 3.32. The molecule has 0 radical (unpaired) electrons. The molecule has 1 aliphatic rings. The number of carbonyl (C=O) groups excluding carboxylic acids is 1. The van der Waals surface area contributed by atoms with Gasteiger partial charge in [0.15, 0.2) is 0 Å². The van der Waals surface area contributed by atoms with Crippen molar-refractivity contribution in [2.24, 2.45) is 5.73 Å². The van der Waals surface area contributed by atoms with Gasteiger partial charge < -0.3 is 16.0 Å². The van der Waals surface area contributed by atoms with Crippen LogP contribution in [0.5, 0.6) is 0 Å². The Morgan fingerprint density at radius 1 is 1.30 bits per heavy atom. The lowest BCUT2D eigenvalue weighted by atomic mass is 10.1. The van der Waals surface area contributed by atoms with Crippen LogP contribution in [0.15, 0.2) is 42.6 Å². The van der Waals surface area contributed by atoms with Crippen LogP contribution >= 0.6 is 0 Å². The van der Waals surface area contributed by atoms with Gasteiger partial charge in [0.2, 0.25) is 5.91 Å². The predicted octanol–water partition coefficient (Wildman–Crippen LogP) is 2.19. The van der Waals surface area contributed by atoms with Crippen molar-refractivity contribution in [1.29, 1.82) is 0 Å². The molecule has 1 aliphatic heterocycles. The molecular weight excluding hydrogens is 252 g/mol. The summed E-state index contributed by atoms with van der Waals surface area (Å²) in [5.41, 5.74) is 9.32. The second-order valence-corrected chi connectivity index (χ2v) is 4.88. The van der Waals surface area contributed by atoms with Crippen molar-refractivity contribution in [2.45, 2.75) is 13.0 Å². The number of nitrogens with zero attached hydrogens (tertiary/aromatic N) is 2. The van der Waals surface area contributed by atoms with Crippen LogP contribution < -0.4 is 16.0 Å². The minimum absolute atomic E-state index is 0.0278. The molecule has 5 heteroatoms. The third kappa shape index (κ3) is 2.23. The minimum Gasteiger partial charge on any atom is -0.329 e. The van der Waals surface area contributed by atoms with Crippen LogP contribution in [0.25, 0.3) is 0 Å². The normalized spacial score (nSPS) is 15.5. The van der Waals surface area contributed by atoms with Gasteiger partial charge in [-0.2, -0.15) is 0 Å². The zero-order chi connectivity index (χ0) is 14.1. The standard InChI is InChI=1S/C15H16N4O/c1-10(16)12-7-6-11(8-17-12)19-9-15(20)18-13-4-2-3-5-14(13)19/h2-8,10H,9,16H2,1H3,(H,18,20)/t10-/m0/s1. The maximum atomic E-state index is 11.8. The van der Waals surface area contributed by atoms with Gasteiger partial charge in [-0.1, -0.05) is 12.1 Å². The zero-order valence-corrected chi connectivity index (χ0v) is 11.2. The lowest BCUT2D eigenvalue weighted by molar-refractivity contribution is -0.115. The lowest BCUT2D eigenvalue weighted by Crippen LogP contribution is -2.35. The van der Waals surface area contributed by atoms with Gasteiger partial charge in [-0.25, -0.2) is 0 Å². The molecule has 0 saturated heterocycles. The monoisotopic (exact) mass is 268 g/mol. The average molecular weight is 268 g/mol. The van der Waals surface area contributed by atoms with Crippen molar-refractivity contribution in [2.75, 3.05) is 16.8 Å². The van der Waals surface area contributed by atoms with E-state index < -0.39 is 0 Å². The first-order valence-corrected chi connectivity index (χ1v) is 6.53. The van der Waals surface area contributed by atoms with E-state index >= 15 is 0 Å². The molecule has 2 heterocycles. The zero-order valence-electron chi connectivity index (χ0n) is 11.2. The molecule has 1 atom stereocenters. The van der Waals surface area contributed by atoms with E-state index in [-0.39, 0.29) is 18.5 Å². The number of benzene rings is 1. The Labute approximate surface area is 117 Å². The number of aromatic nitrogens is 1. The smallest absolute Gasteiger partial charge is 0.244 e. The summed E-state index contributed by atoms with van der Waals surface area (Å²) in [4.78, 5) is 18.1. The van der Waals surface area contributed by atoms with Crippen LogP contribution in [0.1, 0.15) is 18.7 Å². The highest BCUT2D eigenvalue weighted by atomic mass is 16.2. The summed E-state index contributed by atoms with van der Waals surface area (Å²) < 4.78 is 0. The van der Waals surface area contributed by atoms with Crippen molar-refractivity contribution in [1.82, 2.24) is 4.98 Å². The lowest BCUT2D eigenvalue weighted by Gasteiger charge is -2.30. The highest BCUT2D eigenvalue weighted by Gasteiger charge is 2.22. The molecule has 0 fully saturated rings. The quantitative estimate of drug-likeness (QED) is 0.875. The van der Waals surface area contributed by atoms with Crippen LogP contribution in [-0.4, -0.2) is 17.4 Å². The van der Waals surface area contributed by atoms with Crippen molar-refractivity contribution in [3.8, 4) is 0 Å². The van der Waals surface area contributed by atoms with Gasteiger partial charge in [-0.3, -0.25) is 9.78 Å². The first kappa shape index (κ1) is 12.6. The Morgan fingerprint density at radius 2 is 2.10 bits per heavy atom. The van der Waals surface area contributed by atoms with Gasteiger partial charge in [0.05, 0.1) is 29.0 Å². The van der Waals surface area contributed by atoms with E-state index in [2.05, 4.69) is 10.3 Å². The number of para-hydroxylation sites is 2. The molecule has 102 valence electrons. The maximum Gasteiger partial charge on any atom is 0.244 e. The number of nitrogens with one attached hydrogen (secondary N) is 1. The number of carbonyl (C=O) groups is 1. The number of hydrogen-bond donors (Lipinski definition) is 2. The Balaban J connectivity index is 1.99. The molecule has 20 heavy (non-hydrogen) atoms. The molecule has 0 unspecified atom stereocenters. The largest absolute Gasteiger partial charge is 0.329 e. The second kappa shape index (κ2) is 4.94. The number of amides is 1. The van der Waals surface area contributed by atoms with Crippen molar-refractivity contribution < 1.29 is 4.79 Å². The molecule has 3 rings (SSSR count). The van der Waals surface area contributed by atoms with Gasteiger partial charge in [0, 0.05) is 6.04 Å². The van der Waals surface area contributed by atoms with Gasteiger partial charge in [0.25, 0.3) is 0 Å². The number of hydrogen-bond acceptors (Lipinski definition) is 4. The summed E-state index contributed by atoms with van der Waals surface area (Å²) >= 11 is 0. The second-order valence-electron chi connectivity index (χ2n) is 4.88. The van der Waals surface area contributed by atoms with Crippen LogP contribution in [0, 0.1) is 0 Å². The summed E-state index contributed by atoms with van der Waals surface area (Å²) in [6.07, 6.45) is 1.76. The van der Waals surface area contributed by atoms with E-state index in [1.54, 1.807) is 6.20 Å². The number of pyridine rings is 1. The molecule has 1 aromatic carbocycles. The first-order chi connectivity index (χ1) is 9.65. The predicted molar refractivity (Wildman–Crippen MR) is 78.9 cm³/mol. The van der Waals surface area contributed by atoms with Gasteiger partial charge in [-0.05, 0) is 31.2 Å². The first-order valence-electron chi connectivity index (χ1n) is 6.53. The number of nitrogens with two attached hydrogens (primary N) is 1. The highest BCUT2D eigenvalue weighted by molar-refractivity contribution is 6.03. The van der Waals surface area contributed by atoms with Crippen molar-refractivity contribution in [3.05, 3.63) is 48.3 Å². The van der Waals surface area contributed by atoms with E-state index in [0.29, 0.717) is 0 Å². The number of fused-ring (bicyclic) bond motifs is 1. The Morgan fingerprint density at radius 3 is 2.80 bits per heavy atom. The molecule has 0 saturated carbocycles. The SMILES string of the molecule is C[C@H](N)c1ccc(N2CC(=O)Nc3ccccc32)cn1. The Kier molecular flexibility index (Phi) is 3.12. The van der Waals surface area contributed by atoms with Crippen LogP contribution in [0.2, 0.25) is 0 Å². The summed E-state index contributed by atoms with van der Waals surface area (Å²) in [5.74, 6) is -0.0278. The molecule has 0 aliphatic carbocycles. The van der Waals surface area contributed by atoms with Crippen LogP contribution in [0.4, 0.5) is 17.1 Å². The summed E-state index contributed by atoms with van der Waals surface area (Å²) in [7, 11) is 0. The number of anilines is 3. The fourth-order valence-corrected chi connectivity index (χ4v) is 2.29. The van der Waals surface area contributed by atoms with E-state index in [0.717, 1.165) is 22.8 Å². The van der Waals surface area contributed by atoms with Crippen LogP contribution in [0.3, 0.4) is 0 Å². The van der Waals surface area contributed by atoms with Gasteiger partial charge in [0.1, 0.15) is 6.54 Å². The third-order valence-corrected chi connectivity index (χ3v) is 3.32. The fraction of sp³-hybridized carbons (Fsp3) is 0.200. The molecule has 5 nitrogen and oxygen atoms in total. The molecule has 1 aromatic heterocycles. The average Bonchev–Trinajstić information content (AvgIpc) is 2.46. The van der Waals surface area contributed by atoms with Crippen LogP contribution in [-0.2, 0) is 4.79 Å². The van der Waals surface area contributed by atoms with Crippen molar-refractivity contribution in [3.63, 3.8) is 0 Å². The van der Waals surface area contributed by atoms with E-state index in [4.69, 9.17) is 5.73 Å². The van der Waals surface area contributed by atoms with E-state index in [9.17, 15) is 4.79 Å². The topological polar surface area (TPSA) is 71.2 Å².